The van der Waals surface area contributed by atoms with Crippen molar-refractivity contribution in [3.05, 3.63) is 46.7 Å². The van der Waals surface area contributed by atoms with E-state index in [4.69, 9.17) is 4.74 Å². The fraction of sp³-hybridized carbons (Fsp3) is 0.500. The van der Waals surface area contributed by atoms with E-state index in [-0.39, 0.29) is 17.9 Å². The molecule has 1 aliphatic carbocycles. The number of nitrogens with one attached hydrogen (secondary N) is 2. The first-order valence-corrected chi connectivity index (χ1v) is 11.1. The van der Waals surface area contributed by atoms with Gasteiger partial charge < -0.3 is 19.9 Å². The molecule has 150 valence electrons. The average Bonchev–Trinajstić information content (AvgIpc) is 3.45. The smallest absolute Gasteiger partial charge is 0.223 e. The van der Waals surface area contributed by atoms with Gasteiger partial charge in [-0.3, -0.25) is 4.79 Å². The lowest BCUT2D eigenvalue weighted by Crippen LogP contribution is -3.16. The van der Waals surface area contributed by atoms with E-state index in [2.05, 4.69) is 46.8 Å². The quantitative estimate of drug-likeness (QED) is 0.748. The van der Waals surface area contributed by atoms with Gasteiger partial charge in [0.05, 0.1) is 49.9 Å². The van der Waals surface area contributed by atoms with Gasteiger partial charge in [-0.05, 0) is 43.3 Å². The standard InChI is InChI=1S/C22H29N3O2S/c1-16(23-22(26)17-9-10-17)21(20-8-5-15-28-20)25-13-11-24(12-14-25)18-6-3-4-7-19(18)27-2/h3-8,15-17,21H,9-14H2,1-2H3,(H,23,26)/p+1/t16-,21+/m0/s1. The summed E-state index contributed by atoms with van der Waals surface area (Å²) >= 11 is 1.80. The maximum absolute atomic E-state index is 12.3. The van der Waals surface area contributed by atoms with Crippen LogP contribution in [0.2, 0.25) is 0 Å². The van der Waals surface area contributed by atoms with Gasteiger partial charge in [0.15, 0.2) is 0 Å². The van der Waals surface area contributed by atoms with Gasteiger partial charge in [0.25, 0.3) is 0 Å². The second-order valence-electron chi connectivity index (χ2n) is 7.88. The number of piperazine rings is 1. The molecule has 0 radical (unpaired) electrons. The predicted octanol–water partition coefficient (Wildman–Crippen LogP) is 2.12. The molecule has 2 N–H and O–H groups in total. The van der Waals surface area contributed by atoms with E-state index >= 15 is 0 Å². The van der Waals surface area contributed by atoms with E-state index in [0.717, 1.165) is 44.8 Å². The highest BCUT2D eigenvalue weighted by Gasteiger charge is 2.37. The third kappa shape index (κ3) is 4.18. The number of amides is 1. The highest BCUT2D eigenvalue weighted by Crippen LogP contribution is 2.30. The molecule has 2 atom stereocenters. The van der Waals surface area contributed by atoms with E-state index in [1.54, 1.807) is 23.3 Å². The van der Waals surface area contributed by atoms with Crippen LogP contribution in [-0.4, -0.2) is 45.2 Å². The molecule has 1 aromatic carbocycles. The molecule has 0 spiro atoms. The third-order valence-corrected chi connectivity index (χ3v) is 6.89. The van der Waals surface area contributed by atoms with E-state index in [1.165, 1.54) is 10.6 Å². The number of hydrogen-bond acceptors (Lipinski definition) is 4. The molecular weight excluding hydrogens is 370 g/mol. The first-order valence-electron chi connectivity index (χ1n) is 10.2. The maximum atomic E-state index is 12.3. The zero-order valence-electron chi connectivity index (χ0n) is 16.7. The van der Waals surface area contributed by atoms with Crippen molar-refractivity contribution in [2.24, 2.45) is 5.92 Å². The summed E-state index contributed by atoms with van der Waals surface area (Å²) in [6, 6.07) is 13.0. The van der Waals surface area contributed by atoms with Crippen molar-refractivity contribution in [3.63, 3.8) is 0 Å². The molecule has 1 saturated heterocycles. The SMILES string of the molecule is COc1ccccc1N1CC[NH+]([C@@H](c2cccs2)[C@H](C)NC(=O)C2CC2)CC1. The van der Waals surface area contributed by atoms with Gasteiger partial charge in [0.2, 0.25) is 5.91 Å². The lowest BCUT2D eigenvalue weighted by Gasteiger charge is -2.39. The van der Waals surface area contributed by atoms with E-state index in [0.29, 0.717) is 6.04 Å². The number of carbonyl (C=O) groups excluding carboxylic acids is 1. The number of carbonyl (C=O) groups is 1. The summed E-state index contributed by atoms with van der Waals surface area (Å²) < 4.78 is 5.55. The van der Waals surface area contributed by atoms with Crippen LogP contribution in [-0.2, 0) is 4.79 Å². The number of methoxy groups -OCH3 is 1. The lowest BCUT2D eigenvalue weighted by molar-refractivity contribution is -0.933. The van der Waals surface area contributed by atoms with Gasteiger partial charge >= 0.3 is 0 Å². The molecule has 28 heavy (non-hydrogen) atoms. The summed E-state index contributed by atoms with van der Waals surface area (Å²) in [7, 11) is 1.73. The number of quaternary nitrogens is 1. The van der Waals surface area contributed by atoms with Crippen LogP contribution in [0.3, 0.4) is 0 Å². The monoisotopic (exact) mass is 400 g/mol. The van der Waals surface area contributed by atoms with Gasteiger partial charge in [0, 0.05) is 5.92 Å². The minimum atomic E-state index is 0.138. The number of hydrogen-bond donors (Lipinski definition) is 2. The van der Waals surface area contributed by atoms with Crippen LogP contribution in [0.4, 0.5) is 5.69 Å². The predicted molar refractivity (Wildman–Crippen MR) is 113 cm³/mol. The van der Waals surface area contributed by atoms with Crippen molar-refractivity contribution in [2.75, 3.05) is 38.2 Å². The van der Waals surface area contributed by atoms with Crippen LogP contribution >= 0.6 is 11.3 Å². The Bertz CT molecular complexity index is 783. The highest BCUT2D eigenvalue weighted by atomic mass is 32.1. The molecule has 4 rings (SSSR count). The van der Waals surface area contributed by atoms with Gasteiger partial charge in [0.1, 0.15) is 11.8 Å². The van der Waals surface area contributed by atoms with Crippen molar-refractivity contribution in [1.82, 2.24) is 5.32 Å². The number of anilines is 1. The molecule has 0 unspecified atom stereocenters. The van der Waals surface area contributed by atoms with Crippen LogP contribution in [0.5, 0.6) is 5.75 Å². The summed E-state index contributed by atoms with van der Waals surface area (Å²) in [6.45, 7) is 6.24. The molecule has 5 nitrogen and oxygen atoms in total. The Hall–Kier alpha value is -2.05. The van der Waals surface area contributed by atoms with Crippen molar-refractivity contribution in [1.29, 1.82) is 0 Å². The zero-order valence-corrected chi connectivity index (χ0v) is 17.5. The fourth-order valence-electron chi connectivity index (χ4n) is 4.28. The van der Waals surface area contributed by atoms with Crippen LogP contribution < -0.4 is 19.9 Å². The topological polar surface area (TPSA) is 46.0 Å². The number of nitrogens with zero attached hydrogens (tertiary/aromatic N) is 1. The largest absolute Gasteiger partial charge is 0.495 e. The molecule has 6 heteroatoms. The van der Waals surface area contributed by atoms with E-state index in [9.17, 15) is 4.79 Å². The Balaban J connectivity index is 1.45. The molecule has 2 heterocycles. The van der Waals surface area contributed by atoms with Crippen molar-refractivity contribution < 1.29 is 14.4 Å². The second-order valence-corrected chi connectivity index (χ2v) is 8.86. The minimum absolute atomic E-state index is 0.138. The highest BCUT2D eigenvalue weighted by molar-refractivity contribution is 7.10. The summed E-state index contributed by atoms with van der Waals surface area (Å²) in [4.78, 5) is 17.7. The lowest BCUT2D eigenvalue weighted by atomic mass is 10.0. The normalized spacial score (nSPS) is 19.9. The minimum Gasteiger partial charge on any atom is -0.495 e. The molecule has 1 saturated carbocycles. The van der Waals surface area contributed by atoms with Crippen LogP contribution in [0.1, 0.15) is 30.7 Å². The summed E-state index contributed by atoms with van der Waals surface area (Å²) in [5.41, 5.74) is 1.17. The summed E-state index contributed by atoms with van der Waals surface area (Å²) in [6.07, 6.45) is 2.10. The van der Waals surface area contributed by atoms with E-state index < -0.39 is 0 Å². The second kappa shape index (κ2) is 8.53. The first kappa shape index (κ1) is 19.3. The number of ether oxygens (including phenoxy) is 1. The molecule has 2 aromatic rings. The Morgan fingerprint density at radius 2 is 1.96 bits per heavy atom. The van der Waals surface area contributed by atoms with Crippen LogP contribution in [0, 0.1) is 5.92 Å². The van der Waals surface area contributed by atoms with Gasteiger partial charge in [-0.25, -0.2) is 0 Å². The van der Waals surface area contributed by atoms with Crippen molar-refractivity contribution in [3.8, 4) is 5.75 Å². The Kier molecular flexibility index (Phi) is 5.87. The third-order valence-electron chi connectivity index (χ3n) is 5.94. The Labute approximate surface area is 171 Å². The zero-order chi connectivity index (χ0) is 19.5. The number of para-hydroxylation sites is 2. The van der Waals surface area contributed by atoms with Crippen LogP contribution in [0.25, 0.3) is 0 Å². The molecule has 2 aliphatic rings. The summed E-state index contributed by atoms with van der Waals surface area (Å²) in [5, 5.41) is 5.44. The Morgan fingerprint density at radius 3 is 2.61 bits per heavy atom. The molecule has 1 aliphatic heterocycles. The summed E-state index contributed by atoms with van der Waals surface area (Å²) in [5.74, 6) is 1.43. The van der Waals surface area contributed by atoms with Crippen molar-refractivity contribution in [2.45, 2.75) is 31.8 Å². The van der Waals surface area contributed by atoms with Crippen LogP contribution in [0.15, 0.2) is 41.8 Å². The first-order chi connectivity index (χ1) is 13.7. The Morgan fingerprint density at radius 1 is 1.21 bits per heavy atom. The number of thiophene rings is 1. The number of rotatable bonds is 7. The molecule has 1 amide bonds. The number of benzene rings is 1. The van der Waals surface area contributed by atoms with Gasteiger partial charge in [-0.1, -0.05) is 18.2 Å². The molecule has 2 fully saturated rings. The van der Waals surface area contributed by atoms with E-state index in [1.807, 2.05) is 12.1 Å². The average molecular weight is 401 g/mol. The maximum Gasteiger partial charge on any atom is 0.223 e. The molecule has 0 bridgehead atoms. The molecule has 1 aromatic heterocycles. The molecular formula is C22H30N3O2S+. The van der Waals surface area contributed by atoms with Crippen molar-refractivity contribution >= 4 is 22.9 Å². The van der Waals surface area contributed by atoms with Gasteiger partial charge in [-0.2, -0.15) is 0 Å². The van der Waals surface area contributed by atoms with Gasteiger partial charge in [-0.15, -0.1) is 11.3 Å². The fourth-order valence-corrected chi connectivity index (χ4v) is 5.27.